The molecule has 21 heavy (non-hydrogen) atoms. The van der Waals surface area contributed by atoms with Crippen molar-refractivity contribution in [1.82, 2.24) is 0 Å². The summed E-state index contributed by atoms with van der Waals surface area (Å²) in [4.78, 5) is 11.8. The topological polar surface area (TPSA) is 86.5 Å². The van der Waals surface area contributed by atoms with E-state index in [-0.39, 0.29) is 16.1 Å². The quantitative estimate of drug-likeness (QED) is 0.693. The van der Waals surface area contributed by atoms with E-state index in [2.05, 4.69) is 4.74 Å². The first-order valence-electron chi connectivity index (χ1n) is 6.12. The molecule has 0 bridgehead atoms. The SMILES string of the molecule is COC(=O)c1cccc(-c2cccc(S(C)(=O)=O)c2)c1N. The van der Waals surface area contributed by atoms with Gasteiger partial charge in [-0.3, -0.25) is 0 Å². The van der Waals surface area contributed by atoms with E-state index in [1.165, 1.54) is 19.2 Å². The number of nitrogen functional groups attached to an aromatic ring is 1. The van der Waals surface area contributed by atoms with E-state index < -0.39 is 15.8 Å². The molecule has 0 atom stereocenters. The number of benzene rings is 2. The zero-order chi connectivity index (χ0) is 15.6. The van der Waals surface area contributed by atoms with Gasteiger partial charge in [0.2, 0.25) is 0 Å². The van der Waals surface area contributed by atoms with Crippen LogP contribution in [0.25, 0.3) is 11.1 Å². The Bertz CT molecular complexity index is 797. The van der Waals surface area contributed by atoms with Crippen LogP contribution in [0.4, 0.5) is 5.69 Å². The van der Waals surface area contributed by atoms with Gasteiger partial charge in [0.15, 0.2) is 9.84 Å². The maximum Gasteiger partial charge on any atom is 0.339 e. The van der Waals surface area contributed by atoms with Crippen LogP contribution in [0, 0.1) is 0 Å². The lowest BCUT2D eigenvalue weighted by Crippen LogP contribution is -2.06. The average molecular weight is 305 g/mol. The van der Waals surface area contributed by atoms with E-state index in [9.17, 15) is 13.2 Å². The first-order valence-corrected chi connectivity index (χ1v) is 8.01. The molecular formula is C15H15NO4S. The lowest BCUT2D eigenvalue weighted by atomic mass is 10.0. The number of carbonyl (C=O) groups is 1. The third-order valence-electron chi connectivity index (χ3n) is 3.08. The number of anilines is 1. The molecule has 0 fully saturated rings. The van der Waals surface area contributed by atoms with E-state index in [0.717, 1.165) is 6.26 Å². The Hall–Kier alpha value is -2.34. The molecule has 0 aliphatic carbocycles. The smallest absolute Gasteiger partial charge is 0.339 e. The van der Waals surface area contributed by atoms with Crippen LogP contribution in [0.5, 0.6) is 0 Å². The molecule has 0 saturated heterocycles. The van der Waals surface area contributed by atoms with Crippen molar-refractivity contribution in [3.05, 3.63) is 48.0 Å². The minimum Gasteiger partial charge on any atom is -0.465 e. The number of hydrogen-bond acceptors (Lipinski definition) is 5. The molecule has 2 rings (SSSR count). The summed E-state index contributed by atoms with van der Waals surface area (Å²) in [6.07, 6.45) is 1.14. The van der Waals surface area contributed by atoms with Gasteiger partial charge >= 0.3 is 5.97 Å². The zero-order valence-corrected chi connectivity index (χ0v) is 12.5. The summed E-state index contributed by atoms with van der Waals surface area (Å²) < 4.78 is 27.9. The Morgan fingerprint density at radius 3 is 2.43 bits per heavy atom. The summed E-state index contributed by atoms with van der Waals surface area (Å²) in [5.74, 6) is -0.534. The zero-order valence-electron chi connectivity index (χ0n) is 11.7. The standard InChI is InChI=1S/C15H15NO4S/c1-20-15(17)13-8-4-7-12(14(13)16)10-5-3-6-11(9-10)21(2,18)19/h3-9H,16H2,1-2H3. The van der Waals surface area contributed by atoms with Gasteiger partial charge in [-0.1, -0.05) is 24.3 Å². The molecule has 0 aromatic heterocycles. The highest BCUT2D eigenvalue weighted by Gasteiger charge is 2.15. The normalized spacial score (nSPS) is 11.1. The molecule has 0 aliphatic rings. The second kappa shape index (κ2) is 5.57. The van der Waals surface area contributed by atoms with Crippen molar-refractivity contribution >= 4 is 21.5 Å². The minimum atomic E-state index is -3.31. The lowest BCUT2D eigenvalue weighted by molar-refractivity contribution is 0.0602. The van der Waals surface area contributed by atoms with Crippen molar-refractivity contribution in [2.45, 2.75) is 4.90 Å². The number of nitrogens with two attached hydrogens (primary N) is 1. The summed E-state index contributed by atoms with van der Waals surface area (Å²) in [5, 5.41) is 0. The molecule has 0 radical (unpaired) electrons. The number of esters is 1. The molecule has 6 heteroatoms. The summed E-state index contributed by atoms with van der Waals surface area (Å²) in [7, 11) is -2.03. The number of hydrogen-bond donors (Lipinski definition) is 1. The highest BCUT2D eigenvalue weighted by atomic mass is 32.2. The van der Waals surface area contributed by atoms with Gasteiger partial charge in [-0.25, -0.2) is 13.2 Å². The Morgan fingerprint density at radius 1 is 1.14 bits per heavy atom. The van der Waals surface area contributed by atoms with Gasteiger partial charge in [-0.15, -0.1) is 0 Å². The van der Waals surface area contributed by atoms with Crippen LogP contribution in [-0.2, 0) is 14.6 Å². The van der Waals surface area contributed by atoms with Crippen molar-refractivity contribution in [1.29, 1.82) is 0 Å². The van der Waals surface area contributed by atoms with Crippen LogP contribution in [0.15, 0.2) is 47.4 Å². The van der Waals surface area contributed by atoms with Crippen LogP contribution >= 0.6 is 0 Å². The van der Waals surface area contributed by atoms with Gasteiger partial charge < -0.3 is 10.5 Å². The first kappa shape index (κ1) is 15.1. The van der Waals surface area contributed by atoms with E-state index in [1.54, 1.807) is 30.3 Å². The monoisotopic (exact) mass is 305 g/mol. The fraction of sp³-hybridized carbons (Fsp3) is 0.133. The average Bonchev–Trinajstić information content (AvgIpc) is 2.46. The Morgan fingerprint density at radius 2 is 1.81 bits per heavy atom. The predicted octanol–water partition coefficient (Wildman–Crippen LogP) is 2.13. The van der Waals surface area contributed by atoms with Gasteiger partial charge in [0.05, 0.1) is 23.3 Å². The molecule has 2 N–H and O–H groups in total. The van der Waals surface area contributed by atoms with Gasteiger partial charge in [0, 0.05) is 11.8 Å². The number of ether oxygens (including phenoxy) is 1. The van der Waals surface area contributed by atoms with Crippen LogP contribution in [0.2, 0.25) is 0 Å². The minimum absolute atomic E-state index is 0.197. The van der Waals surface area contributed by atoms with E-state index >= 15 is 0 Å². The molecule has 0 heterocycles. The fourth-order valence-electron chi connectivity index (χ4n) is 2.00. The molecular weight excluding hydrogens is 290 g/mol. The van der Waals surface area contributed by atoms with Crippen molar-refractivity contribution < 1.29 is 17.9 Å². The number of carbonyl (C=O) groups excluding carboxylic acids is 1. The molecule has 0 unspecified atom stereocenters. The van der Waals surface area contributed by atoms with Gasteiger partial charge in [0.1, 0.15) is 0 Å². The summed E-state index contributed by atoms with van der Waals surface area (Å²) in [6, 6.07) is 11.4. The maximum atomic E-state index is 11.6. The second-order valence-electron chi connectivity index (χ2n) is 4.56. The van der Waals surface area contributed by atoms with Gasteiger partial charge in [-0.05, 0) is 23.8 Å². The Labute approximate surface area is 123 Å². The third-order valence-corrected chi connectivity index (χ3v) is 4.19. The van der Waals surface area contributed by atoms with Crippen molar-refractivity contribution in [3.63, 3.8) is 0 Å². The van der Waals surface area contributed by atoms with Crippen LogP contribution < -0.4 is 5.73 Å². The Kier molecular flexibility index (Phi) is 3.99. The van der Waals surface area contributed by atoms with E-state index in [1.807, 2.05) is 0 Å². The molecule has 0 aliphatic heterocycles. The van der Waals surface area contributed by atoms with Crippen molar-refractivity contribution in [3.8, 4) is 11.1 Å². The summed E-state index contributed by atoms with van der Waals surface area (Å²) >= 11 is 0. The summed E-state index contributed by atoms with van der Waals surface area (Å²) in [6.45, 7) is 0. The fourth-order valence-corrected chi connectivity index (χ4v) is 2.67. The Balaban J connectivity index is 2.61. The molecule has 5 nitrogen and oxygen atoms in total. The molecule has 0 saturated carbocycles. The molecule has 110 valence electrons. The maximum absolute atomic E-state index is 11.6. The first-order chi connectivity index (χ1) is 9.84. The third kappa shape index (κ3) is 3.05. The number of sulfone groups is 1. The van der Waals surface area contributed by atoms with E-state index in [0.29, 0.717) is 11.1 Å². The number of methoxy groups -OCH3 is 1. The van der Waals surface area contributed by atoms with Crippen LogP contribution in [-0.4, -0.2) is 27.8 Å². The van der Waals surface area contributed by atoms with Crippen molar-refractivity contribution in [2.75, 3.05) is 19.1 Å². The predicted molar refractivity (Wildman–Crippen MR) is 80.7 cm³/mol. The van der Waals surface area contributed by atoms with Crippen LogP contribution in [0.1, 0.15) is 10.4 Å². The lowest BCUT2D eigenvalue weighted by Gasteiger charge is -2.10. The largest absolute Gasteiger partial charge is 0.465 e. The summed E-state index contributed by atoms with van der Waals surface area (Å²) in [5.41, 5.74) is 7.72. The number of rotatable bonds is 3. The van der Waals surface area contributed by atoms with E-state index in [4.69, 9.17) is 5.73 Å². The molecule has 2 aromatic rings. The van der Waals surface area contributed by atoms with Crippen LogP contribution in [0.3, 0.4) is 0 Å². The molecule has 0 spiro atoms. The highest BCUT2D eigenvalue weighted by molar-refractivity contribution is 7.90. The second-order valence-corrected chi connectivity index (χ2v) is 6.57. The van der Waals surface area contributed by atoms with Gasteiger partial charge in [0.25, 0.3) is 0 Å². The highest BCUT2D eigenvalue weighted by Crippen LogP contribution is 2.30. The molecule has 2 aromatic carbocycles. The van der Waals surface area contributed by atoms with Crippen molar-refractivity contribution in [2.24, 2.45) is 0 Å². The molecule has 0 amide bonds. The number of para-hydroxylation sites is 1. The van der Waals surface area contributed by atoms with Gasteiger partial charge in [-0.2, -0.15) is 0 Å².